The summed E-state index contributed by atoms with van der Waals surface area (Å²) < 4.78 is 0. The fourth-order valence-corrected chi connectivity index (χ4v) is 3.33. The van der Waals surface area contributed by atoms with E-state index in [0.717, 1.165) is 6.54 Å². The Morgan fingerprint density at radius 3 is 2.30 bits per heavy atom. The number of hydrogen-bond acceptors (Lipinski definition) is 2. The van der Waals surface area contributed by atoms with E-state index in [9.17, 15) is 0 Å². The van der Waals surface area contributed by atoms with Gasteiger partial charge in [0.2, 0.25) is 0 Å². The summed E-state index contributed by atoms with van der Waals surface area (Å²) in [6.45, 7) is 2.95. The lowest BCUT2D eigenvalue weighted by molar-refractivity contribution is 0.547. The first-order chi connectivity index (χ1) is 13.3. The van der Waals surface area contributed by atoms with E-state index in [-0.39, 0.29) is 6.17 Å². The molecule has 0 amide bonds. The molecular weight excluding hydrogens is 328 g/mol. The molecule has 2 nitrogen and oxygen atoms in total. The van der Waals surface area contributed by atoms with E-state index in [1.807, 2.05) is 6.07 Å². The zero-order chi connectivity index (χ0) is 18.5. The second-order valence-electron chi connectivity index (χ2n) is 6.92. The van der Waals surface area contributed by atoms with Crippen LogP contribution in [-0.2, 0) is 6.54 Å². The maximum atomic E-state index is 3.56. The van der Waals surface area contributed by atoms with Gasteiger partial charge in [-0.05, 0) is 46.9 Å². The molecule has 3 aromatic carbocycles. The van der Waals surface area contributed by atoms with Crippen molar-refractivity contribution in [2.75, 3.05) is 0 Å². The number of rotatable bonds is 5. The van der Waals surface area contributed by atoms with Crippen LogP contribution in [0.3, 0.4) is 0 Å². The Balaban J connectivity index is 1.38. The van der Waals surface area contributed by atoms with Crippen LogP contribution in [0.4, 0.5) is 0 Å². The van der Waals surface area contributed by atoms with Crippen molar-refractivity contribution < 1.29 is 0 Å². The Hall–Kier alpha value is -3.10. The van der Waals surface area contributed by atoms with Crippen LogP contribution in [0.2, 0.25) is 0 Å². The van der Waals surface area contributed by atoms with E-state index in [2.05, 4.69) is 109 Å². The minimum Gasteiger partial charge on any atom is -0.372 e. The maximum absolute atomic E-state index is 3.56. The molecule has 1 heterocycles. The number of benzene rings is 3. The van der Waals surface area contributed by atoms with Gasteiger partial charge in [0.05, 0.1) is 6.17 Å². The molecule has 27 heavy (non-hydrogen) atoms. The number of aryl methyl sites for hydroxylation is 1. The zero-order valence-corrected chi connectivity index (χ0v) is 15.5. The van der Waals surface area contributed by atoms with Gasteiger partial charge < -0.3 is 5.32 Å². The molecule has 2 heteroatoms. The van der Waals surface area contributed by atoms with Gasteiger partial charge in [-0.25, -0.2) is 0 Å². The molecular formula is C25H24N2. The first-order valence-corrected chi connectivity index (χ1v) is 9.37. The smallest absolute Gasteiger partial charge is 0.0962 e. The van der Waals surface area contributed by atoms with Crippen molar-refractivity contribution >= 4 is 5.57 Å². The van der Waals surface area contributed by atoms with Crippen molar-refractivity contribution in [3.05, 3.63) is 114 Å². The lowest BCUT2D eigenvalue weighted by atomic mass is 10.0. The van der Waals surface area contributed by atoms with Crippen LogP contribution in [0.15, 0.2) is 97.2 Å². The molecule has 0 radical (unpaired) electrons. The van der Waals surface area contributed by atoms with Gasteiger partial charge in [-0.15, -0.1) is 0 Å². The van der Waals surface area contributed by atoms with Crippen molar-refractivity contribution in [1.82, 2.24) is 10.6 Å². The first-order valence-electron chi connectivity index (χ1n) is 9.37. The molecule has 0 aromatic heterocycles. The molecule has 0 spiro atoms. The Labute approximate surface area is 161 Å². The lowest BCUT2D eigenvalue weighted by Crippen LogP contribution is -2.38. The minimum atomic E-state index is 0.139. The largest absolute Gasteiger partial charge is 0.372 e. The van der Waals surface area contributed by atoms with Gasteiger partial charge >= 0.3 is 0 Å². The highest BCUT2D eigenvalue weighted by molar-refractivity contribution is 5.74. The highest BCUT2D eigenvalue weighted by Crippen LogP contribution is 2.22. The highest BCUT2D eigenvalue weighted by Gasteiger charge is 2.08. The van der Waals surface area contributed by atoms with Gasteiger partial charge in [0, 0.05) is 12.7 Å². The number of hydrogen-bond donors (Lipinski definition) is 2. The zero-order valence-electron chi connectivity index (χ0n) is 15.5. The van der Waals surface area contributed by atoms with E-state index in [1.165, 1.54) is 33.4 Å². The molecule has 0 saturated carbocycles. The maximum Gasteiger partial charge on any atom is 0.0962 e. The summed E-state index contributed by atoms with van der Waals surface area (Å²) in [5.74, 6) is 0. The summed E-state index contributed by atoms with van der Waals surface area (Å²) in [6.07, 6.45) is 6.57. The number of nitrogens with one attached hydrogen (secondary N) is 2. The summed E-state index contributed by atoms with van der Waals surface area (Å²) in [7, 11) is 0. The minimum absolute atomic E-state index is 0.139. The van der Waals surface area contributed by atoms with Crippen molar-refractivity contribution in [2.45, 2.75) is 19.6 Å². The molecule has 0 fully saturated rings. The predicted molar refractivity (Wildman–Crippen MR) is 114 cm³/mol. The average molecular weight is 352 g/mol. The third-order valence-electron chi connectivity index (χ3n) is 4.80. The van der Waals surface area contributed by atoms with Gasteiger partial charge in [-0.2, -0.15) is 0 Å². The van der Waals surface area contributed by atoms with Crippen LogP contribution in [0, 0.1) is 6.92 Å². The summed E-state index contributed by atoms with van der Waals surface area (Å²) >= 11 is 0. The Kier molecular flexibility index (Phi) is 5.17. The summed E-state index contributed by atoms with van der Waals surface area (Å²) in [6, 6.07) is 27.8. The molecule has 0 aliphatic carbocycles. The molecule has 0 bridgehead atoms. The van der Waals surface area contributed by atoms with Crippen molar-refractivity contribution in [3.8, 4) is 11.1 Å². The fraction of sp³-hybridized carbons (Fsp3) is 0.120. The van der Waals surface area contributed by atoms with E-state index in [0.29, 0.717) is 0 Å². The van der Waals surface area contributed by atoms with Crippen LogP contribution >= 0.6 is 0 Å². The van der Waals surface area contributed by atoms with E-state index in [1.54, 1.807) is 0 Å². The van der Waals surface area contributed by atoms with Gasteiger partial charge in [-0.3, -0.25) is 5.32 Å². The second-order valence-corrected chi connectivity index (χ2v) is 6.92. The first kappa shape index (κ1) is 17.3. The molecule has 134 valence electrons. The normalized spacial score (nSPS) is 15.9. The van der Waals surface area contributed by atoms with Crippen molar-refractivity contribution in [2.24, 2.45) is 0 Å². The molecule has 1 aliphatic heterocycles. The van der Waals surface area contributed by atoms with Crippen LogP contribution in [-0.4, -0.2) is 6.17 Å². The number of dihydropyridines is 1. The Morgan fingerprint density at radius 1 is 0.815 bits per heavy atom. The SMILES string of the molecule is Cc1cccc(-c2cccc(CNC3C=CC(c4ccccc4)=CN3)c2)c1. The predicted octanol–water partition coefficient (Wildman–Crippen LogP) is 5.28. The third kappa shape index (κ3) is 4.36. The van der Waals surface area contributed by atoms with Crippen LogP contribution in [0.25, 0.3) is 16.7 Å². The quantitative estimate of drug-likeness (QED) is 0.653. The monoisotopic (exact) mass is 352 g/mol. The Bertz CT molecular complexity index is 970. The highest BCUT2D eigenvalue weighted by atomic mass is 15.1. The van der Waals surface area contributed by atoms with Gasteiger partial charge in [0.25, 0.3) is 0 Å². The fourth-order valence-electron chi connectivity index (χ4n) is 3.33. The summed E-state index contributed by atoms with van der Waals surface area (Å²) in [5.41, 5.74) is 7.52. The molecule has 1 unspecified atom stereocenters. The van der Waals surface area contributed by atoms with Crippen molar-refractivity contribution in [3.63, 3.8) is 0 Å². The third-order valence-corrected chi connectivity index (χ3v) is 4.80. The van der Waals surface area contributed by atoms with Crippen LogP contribution < -0.4 is 10.6 Å². The topological polar surface area (TPSA) is 24.1 Å². The van der Waals surface area contributed by atoms with E-state index >= 15 is 0 Å². The van der Waals surface area contributed by atoms with E-state index in [4.69, 9.17) is 0 Å². The summed E-state index contributed by atoms with van der Waals surface area (Å²) in [4.78, 5) is 0. The standard InChI is InChI=1S/C25H24N2/c1-19-7-5-11-22(15-19)23-12-6-8-20(16-23)17-26-25-14-13-24(18-27-25)21-9-3-2-4-10-21/h2-16,18,25-27H,17H2,1H3. The molecule has 3 aromatic rings. The molecule has 1 atom stereocenters. The second kappa shape index (κ2) is 8.07. The summed E-state index contributed by atoms with van der Waals surface area (Å²) in [5, 5.41) is 6.99. The van der Waals surface area contributed by atoms with Gasteiger partial charge in [0.15, 0.2) is 0 Å². The van der Waals surface area contributed by atoms with Gasteiger partial charge in [0.1, 0.15) is 0 Å². The van der Waals surface area contributed by atoms with Gasteiger partial charge in [-0.1, -0.05) is 84.4 Å². The van der Waals surface area contributed by atoms with Crippen molar-refractivity contribution in [1.29, 1.82) is 0 Å². The molecule has 4 rings (SSSR count). The van der Waals surface area contributed by atoms with E-state index < -0.39 is 0 Å². The lowest BCUT2D eigenvalue weighted by Gasteiger charge is -2.20. The molecule has 0 saturated heterocycles. The Morgan fingerprint density at radius 2 is 1.56 bits per heavy atom. The molecule has 1 aliphatic rings. The average Bonchev–Trinajstić information content (AvgIpc) is 2.73. The van der Waals surface area contributed by atoms with Crippen LogP contribution in [0.5, 0.6) is 0 Å². The number of allylic oxidation sites excluding steroid dienone is 2. The molecule has 2 N–H and O–H groups in total. The van der Waals surface area contributed by atoms with Crippen LogP contribution in [0.1, 0.15) is 16.7 Å².